The highest BCUT2D eigenvalue weighted by atomic mass is 16.5. The minimum absolute atomic E-state index is 0.0318. The molecule has 0 aliphatic heterocycles. The molecule has 4 aromatic rings. The second kappa shape index (κ2) is 6.61. The van der Waals surface area contributed by atoms with Crippen molar-refractivity contribution in [1.82, 2.24) is 24.7 Å². The Balaban J connectivity index is 1.84. The molecule has 136 valence electrons. The average molecular weight is 365 g/mol. The molecule has 3 aromatic heterocycles. The van der Waals surface area contributed by atoms with Crippen LogP contribution in [0.3, 0.4) is 0 Å². The molecule has 9 nitrogen and oxygen atoms in total. The maximum atomic E-state index is 12.1. The SMILES string of the molecule is Cc1cccc2c(-c3nc(-c4cn(CCO)c(=O)[nH]c4=O)no3)nccc12. The number of aromatic nitrogens is 5. The van der Waals surface area contributed by atoms with E-state index in [2.05, 4.69) is 20.1 Å². The molecule has 1 aromatic carbocycles. The van der Waals surface area contributed by atoms with Gasteiger partial charge in [-0.3, -0.25) is 19.3 Å². The van der Waals surface area contributed by atoms with Crippen LogP contribution in [0.15, 0.2) is 50.8 Å². The Morgan fingerprint density at radius 1 is 1.22 bits per heavy atom. The molecule has 0 atom stereocenters. The summed E-state index contributed by atoms with van der Waals surface area (Å²) in [6, 6.07) is 7.72. The average Bonchev–Trinajstić information content (AvgIpc) is 3.13. The summed E-state index contributed by atoms with van der Waals surface area (Å²) in [5.74, 6) is 0.199. The number of aliphatic hydroxyl groups excluding tert-OH is 1. The normalized spacial score (nSPS) is 11.2. The van der Waals surface area contributed by atoms with Crippen molar-refractivity contribution >= 4 is 10.8 Å². The molecule has 27 heavy (non-hydrogen) atoms. The van der Waals surface area contributed by atoms with Crippen LogP contribution in [0, 0.1) is 6.92 Å². The van der Waals surface area contributed by atoms with Crippen molar-refractivity contribution < 1.29 is 9.63 Å². The number of aliphatic hydroxyl groups is 1. The molecule has 0 spiro atoms. The third kappa shape index (κ3) is 2.93. The van der Waals surface area contributed by atoms with Gasteiger partial charge in [0.15, 0.2) is 0 Å². The molecule has 0 radical (unpaired) electrons. The van der Waals surface area contributed by atoms with Crippen LogP contribution in [-0.4, -0.2) is 36.4 Å². The lowest BCUT2D eigenvalue weighted by atomic mass is 10.1. The van der Waals surface area contributed by atoms with Crippen LogP contribution < -0.4 is 11.2 Å². The second-order valence-corrected chi connectivity index (χ2v) is 5.97. The number of aromatic amines is 1. The Hall–Kier alpha value is -3.59. The summed E-state index contributed by atoms with van der Waals surface area (Å²) in [4.78, 5) is 34.7. The standard InChI is InChI=1S/C18H15N5O4/c1-10-3-2-4-12-11(10)5-6-19-14(12)17-20-15(22-27-17)13-9-23(7-8-24)18(26)21-16(13)25/h2-6,9,24H,7-8H2,1H3,(H,21,25,26). The number of fused-ring (bicyclic) bond motifs is 1. The molecule has 4 rings (SSSR count). The molecular weight excluding hydrogens is 350 g/mol. The van der Waals surface area contributed by atoms with Gasteiger partial charge < -0.3 is 9.63 Å². The van der Waals surface area contributed by atoms with E-state index < -0.39 is 11.2 Å². The zero-order chi connectivity index (χ0) is 19.0. The molecule has 0 unspecified atom stereocenters. The summed E-state index contributed by atoms with van der Waals surface area (Å²) >= 11 is 0. The number of hydrogen-bond acceptors (Lipinski definition) is 7. The summed E-state index contributed by atoms with van der Waals surface area (Å²) in [7, 11) is 0. The molecule has 0 bridgehead atoms. The highest BCUT2D eigenvalue weighted by Gasteiger charge is 2.18. The summed E-state index contributed by atoms with van der Waals surface area (Å²) in [5.41, 5.74) is 0.406. The van der Waals surface area contributed by atoms with Crippen molar-refractivity contribution in [3.63, 3.8) is 0 Å². The van der Waals surface area contributed by atoms with Crippen molar-refractivity contribution in [1.29, 1.82) is 0 Å². The van der Waals surface area contributed by atoms with E-state index in [1.54, 1.807) is 6.20 Å². The van der Waals surface area contributed by atoms with Crippen LogP contribution in [0.25, 0.3) is 33.7 Å². The van der Waals surface area contributed by atoms with Crippen LogP contribution in [0.2, 0.25) is 0 Å². The van der Waals surface area contributed by atoms with Gasteiger partial charge in [-0.15, -0.1) is 0 Å². The van der Waals surface area contributed by atoms with E-state index in [1.165, 1.54) is 10.8 Å². The largest absolute Gasteiger partial charge is 0.395 e. The topological polar surface area (TPSA) is 127 Å². The van der Waals surface area contributed by atoms with Crippen LogP contribution in [0.4, 0.5) is 0 Å². The predicted octanol–water partition coefficient (Wildman–Crippen LogP) is 1.10. The zero-order valence-corrected chi connectivity index (χ0v) is 14.3. The Bertz CT molecular complexity index is 1250. The molecule has 0 amide bonds. The van der Waals surface area contributed by atoms with Gasteiger partial charge in [0, 0.05) is 17.8 Å². The molecular formula is C18H15N5O4. The number of H-pyrrole nitrogens is 1. The van der Waals surface area contributed by atoms with Crippen molar-refractivity contribution in [3.8, 4) is 23.0 Å². The molecule has 0 fully saturated rings. The monoisotopic (exact) mass is 365 g/mol. The van der Waals surface area contributed by atoms with E-state index in [4.69, 9.17) is 9.63 Å². The van der Waals surface area contributed by atoms with Gasteiger partial charge in [0.05, 0.1) is 13.2 Å². The molecule has 0 aliphatic carbocycles. The maximum Gasteiger partial charge on any atom is 0.328 e. The first-order valence-corrected chi connectivity index (χ1v) is 8.22. The van der Waals surface area contributed by atoms with Gasteiger partial charge >= 0.3 is 5.69 Å². The number of hydrogen-bond donors (Lipinski definition) is 2. The third-order valence-corrected chi connectivity index (χ3v) is 4.25. The van der Waals surface area contributed by atoms with Gasteiger partial charge in [-0.05, 0) is 23.9 Å². The Morgan fingerprint density at radius 2 is 2.07 bits per heavy atom. The van der Waals surface area contributed by atoms with Gasteiger partial charge in [-0.1, -0.05) is 23.4 Å². The van der Waals surface area contributed by atoms with Crippen molar-refractivity contribution in [2.24, 2.45) is 0 Å². The van der Waals surface area contributed by atoms with Gasteiger partial charge in [0.25, 0.3) is 11.4 Å². The summed E-state index contributed by atoms with van der Waals surface area (Å²) < 4.78 is 6.50. The smallest absolute Gasteiger partial charge is 0.328 e. The molecule has 0 saturated heterocycles. The van der Waals surface area contributed by atoms with Crippen LogP contribution in [0.5, 0.6) is 0 Å². The van der Waals surface area contributed by atoms with Gasteiger partial charge in [0.1, 0.15) is 11.3 Å². The highest BCUT2D eigenvalue weighted by molar-refractivity contribution is 5.94. The predicted molar refractivity (Wildman–Crippen MR) is 97.2 cm³/mol. The molecule has 0 saturated carbocycles. The number of benzene rings is 1. The Kier molecular flexibility index (Phi) is 4.13. The minimum atomic E-state index is -0.636. The fourth-order valence-corrected chi connectivity index (χ4v) is 2.91. The first-order chi connectivity index (χ1) is 13.1. The summed E-state index contributed by atoms with van der Waals surface area (Å²) in [5, 5.41) is 14.8. The minimum Gasteiger partial charge on any atom is -0.395 e. The number of nitrogens with zero attached hydrogens (tertiary/aromatic N) is 4. The van der Waals surface area contributed by atoms with Crippen LogP contribution >= 0.6 is 0 Å². The number of pyridine rings is 1. The second-order valence-electron chi connectivity index (χ2n) is 5.97. The van der Waals surface area contributed by atoms with E-state index in [0.29, 0.717) is 5.69 Å². The van der Waals surface area contributed by atoms with Crippen molar-refractivity contribution in [3.05, 3.63) is 63.1 Å². The Morgan fingerprint density at radius 3 is 2.89 bits per heavy atom. The molecule has 3 heterocycles. The summed E-state index contributed by atoms with van der Waals surface area (Å²) in [6.07, 6.45) is 2.95. The van der Waals surface area contributed by atoms with Crippen molar-refractivity contribution in [2.45, 2.75) is 13.5 Å². The van der Waals surface area contributed by atoms with Crippen LogP contribution in [-0.2, 0) is 6.54 Å². The molecule has 2 N–H and O–H groups in total. The van der Waals surface area contributed by atoms with E-state index in [1.807, 2.05) is 31.2 Å². The first kappa shape index (κ1) is 16.9. The Labute approximate surface area is 151 Å². The number of aryl methyl sites for hydroxylation is 1. The summed E-state index contributed by atoms with van der Waals surface area (Å²) in [6.45, 7) is 1.79. The van der Waals surface area contributed by atoms with E-state index in [9.17, 15) is 9.59 Å². The van der Waals surface area contributed by atoms with E-state index in [0.717, 1.165) is 16.3 Å². The number of nitrogens with one attached hydrogen (secondary N) is 1. The maximum absolute atomic E-state index is 12.1. The number of rotatable bonds is 4. The van der Waals surface area contributed by atoms with Gasteiger partial charge in [-0.25, -0.2) is 4.79 Å². The highest BCUT2D eigenvalue weighted by Crippen LogP contribution is 2.28. The fourth-order valence-electron chi connectivity index (χ4n) is 2.91. The van der Waals surface area contributed by atoms with Gasteiger partial charge in [0.2, 0.25) is 5.82 Å². The lowest BCUT2D eigenvalue weighted by Gasteiger charge is -2.04. The van der Waals surface area contributed by atoms with Crippen molar-refractivity contribution in [2.75, 3.05) is 6.61 Å². The molecule has 0 aliphatic rings. The van der Waals surface area contributed by atoms with Crippen LogP contribution in [0.1, 0.15) is 5.56 Å². The zero-order valence-electron chi connectivity index (χ0n) is 14.3. The quantitative estimate of drug-likeness (QED) is 0.554. The lowest BCUT2D eigenvalue weighted by Crippen LogP contribution is -2.31. The third-order valence-electron chi connectivity index (χ3n) is 4.25. The van der Waals surface area contributed by atoms with Gasteiger partial charge in [-0.2, -0.15) is 4.98 Å². The first-order valence-electron chi connectivity index (χ1n) is 8.22. The van der Waals surface area contributed by atoms with E-state index >= 15 is 0 Å². The molecule has 9 heteroatoms. The van der Waals surface area contributed by atoms with E-state index in [-0.39, 0.29) is 30.4 Å². The lowest BCUT2D eigenvalue weighted by molar-refractivity contribution is 0.273. The fraction of sp³-hybridized carbons (Fsp3) is 0.167.